The Kier molecular flexibility index (Phi) is 5.50. The monoisotopic (exact) mass is 322 g/mol. The Balaban J connectivity index is 1.99. The molecule has 1 aromatic carbocycles. The molecule has 1 fully saturated rings. The van der Waals surface area contributed by atoms with Gasteiger partial charge in [0.15, 0.2) is 0 Å². The van der Waals surface area contributed by atoms with Crippen molar-refractivity contribution in [3.63, 3.8) is 0 Å². The van der Waals surface area contributed by atoms with Gasteiger partial charge in [0.25, 0.3) is 0 Å². The summed E-state index contributed by atoms with van der Waals surface area (Å²) in [5.41, 5.74) is 2.96. The van der Waals surface area contributed by atoms with E-state index in [-0.39, 0.29) is 0 Å². The molecule has 0 heterocycles. The van der Waals surface area contributed by atoms with Crippen molar-refractivity contribution < 1.29 is 0 Å². The number of hydrogen-bond donors (Lipinski definition) is 0. The lowest BCUT2D eigenvalue weighted by atomic mass is 9.74. The first-order valence-corrected chi connectivity index (χ1v) is 8.73. The summed E-state index contributed by atoms with van der Waals surface area (Å²) >= 11 is 3.92. The van der Waals surface area contributed by atoms with Crippen LogP contribution in [0.4, 0.5) is 0 Å². The molecular weight excluding hydrogens is 296 g/mol. The lowest BCUT2D eigenvalue weighted by molar-refractivity contribution is 0.223. The van der Waals surface area contributed by atoms with Crippen molar-refractivity contribution in [1.82, 2.24) is 0 Å². The third kappa shape index (κ3) is 4.08. The van der Waals surface area contributed by atoms with Crippen LogP contribution < -0.4 is 0 Å². The van der Waals surface area contributed by atoms with Gasteiger partial charge in [0.05, 0.1) is 0 Å². The van der Waals surface area contributed by atoms with Gasteiger partial charge in [0.1, 0.15) is 0 Å². The Bertz CT molecular complexity index is 379. The van der Waals surface area contributed by atoms with Crippen LogP contribution in [0.3, 0.4) is 0 Å². The first kappa shape index (κ1) is 15.1. The lowest BCUT2D eigenvalue weighted by Gasteiger charge is -2.35. The molecule has 0 saturated heterocycles. The van der Waals surface area contributed by atoms with E-state index in [4.69, 9.17) is 0 Å². The maximum Gasteiger partial charge on any atom is 0.0177 e. The van der Waals surface area contributed by atoms with Gasteiger partial charge in [0, 0.05) is 4.83 Å². The second-order valence-electron chi connectivity index (χ2n) is 6.47. The topological polar surface area (TPSA) is 0 Å². The number of alkyl halides is 1. The molecule has 0 aromatic heterocycles. The van der Waals surface area contributed by atoms with E-state index >= 15 is 0 Å². The number of hydrogen-bond acceptors (Lipinski definition) is 0. The van der Waals surface area contributed by atoms with Gasteiger partial charge >= 0.3 is 0 Å². The Morgan fingerprint density at radius 1 is 1.11 bits per heavy atom. The highest BCUT2D eigenvalue weighted by atomic mass is 79.9. The zero-order chi connectivity index (χ0) is 13.8. The maximum atomic E-state index is 3.92. The number of halogens is 1. The van der Waals surface area contributed by atoms with E-state index in [1.807, 2.05) is 0 Å². The Hall–Kier alpha value is -0.300. The van der Waals surface area contributed by atoms with Gasteiger partial charge < -0.3 is 0 Å². The van der Waals surface area contributed by atoms with Crippen molar-refractivity contribution in [2.45, 2.75) is 57.7 Å². The zero-order valence-electron chi connectivity index (χ0n) is 12.5. The molecule has 0 amide bonds. The molecule has 0 aliphatic heterocycles. The number of benzene rings is 1. The summed E-state index contributed by atoms with van der Waals surface area (Å²) in [5.74, 6) is 2.58. The van der Waals surface area contributed by atoms with Crippen molar-refractivity contribution in [3.05, 3.63) is 35.4 Å². The molecule has 1 aliphatic rings. The third-order valence-corrected chi connectivity index (χ3v) is 6.01. The van der Waals surface area contributed by atoms with Crippen LogP contribution in [-0.4, -0.2) is 4.83 Å². The smallest absolute Gasteiger partial charge is 0.0177 e. The average Bonchev–Trinajstić information content (AvgIpc) is 2.42. The molecule has 2 rings (SSSR count). The maximum absolute atomic E-state index is 3.92. The third-order valence-electron chi connectivity index (χ3n) is 4.80. The van der Waals surface area contributed by atoms with Gasteiger partial charge in [-0.3, -0.25) is 0 Å². The van der Waals surface area contributed by atoms with Crippen LogP contribution in [0.2, 0.25) is 0 Å². The van der Waals surface area contributed by atoms with Crippen molar-refractivity contribution in [1.29, 1.82) is 0 Å². The summed E-state index contributed by atoms with van der Waals surface area (Å²) in [7, 11) is 0. The van der Waals surface area contributed by atoms with Gasteiger partial charge in [-0.1, -0.05) is 61.0 Å². The van der Waals surface area contributed by atoms with Crippen LogP contribution in [0.25, 0.3) is 0 Å². The fraction of sp³-hybridized carbons (Fsp3) is 0.667. The second-order valence-corrected chi connectivity index (χ2v) is 7.64. The molecule has 0 radical (unpaired) electrons. The molecular formula is C18H27Br. The molecule has 1 aromatic rings. The molecule has 106 valence electrons. The normalized spacial score (nSPS) is 27.7. The number of rotatable bonds is 4. The minimum atomic E-state index is 0.716. The SMILES string of the molecule is CCc1ccc(CC2CC(C(C)C)CCC2Br)cc1. The van der Waals surface area contributed by atoms with E-state index in [2.05, 4.69) is 61.0 Å². The summed E-state index contributed by atoms with van der Waals surface area (Å²) in [6.07, 6.45) is 6.52. The summed E-state index contributed by atoms with van der Waals surface area (Å²) < 4.78 is 0. The van der Waals surface area contributed by atoms with Gasteiger partial charge in [-0.05, 0) is 61.0 Å². The highest BCUT2D eigenvalue weighted by Gasteiger charge is 2.30. The van der Waals surface area contributed by atoms with Crippen molar-refractivity contribution in [2.24, 2.45) is 17.8 Å². The highest BCUT2D eigenvalue weighted by Crippen LogP contribution is 2.38. The van der Waals surface area contributed by atoms with Crippen LogP contribution in [0.1, 0.15) is 51.2 Å². The molecule has 0 nitrogen and oxygen atoms in total. The van der Waals surface area contributed by atoms with E-state index in [0.717, 1.165) is 24.2 Å². The van der Waals surface area contributed by atoms with Crippen LogP contribution in [0.5, 0.6) is 0 Å². The first-order chi connectivity index (χ1) is 9.10. The van der Waals surface area contributed by atoms with Crippen molar-refractivity contribution in [3.8, 4) is 0 Å². The fourth-order valence-electron chi connectivity index (χ4n) is 3.29. The van der Waals surface area contributed by atoms with Crippen LogP contribution in [0.15, 0.2) is 24.3 Å². The molecule has 1 aliphatic carbocycles. The van der Waals surface area contributed by atoms with E-state index in [1.54, 1.807) is 0 Å². The van der Waals surface area contributed by atoms with Crippen molar-refractivity contribution in [2.75, 3.05) is 0 Å². The van der Waals surface area contributed by atoms with E-state index in [9.17, 15) is 0 Å². The van der Waals surface area contributed by atoms with Gasteiger partial charge in [-0.2, -0.15) is 0 Å². The molecule has 0 spiro atoms. The van der Waals surface area contributed by atoms with E-state index in [1.165, 1.54) is 36.8 Å². The number of aryl methyl sites for hydroxylation is 1. The molecule has 1 heteroatoms. The predicted molar refractivity (Wildman–Crippen MR) is 87.9 cm³/mol. The molecule has 0 N–H and O–H groups in total. The second kappa shape index (κ2) is 6.92. The fourth-order valence-corrected chi connectivity index (χ4v) is 3.96. The highest BCUT2D eigenvalue weighted by molar-refractivity contribution is 9.09. The largest absolute Gasteiger partial charge is 0.0888 e. The Labute approximate surface area is 127 Å². The quantitative estimate of drug-likeness (QED) is 0.630. The minimum Gasteiger partial charge on any atom is -0.0888 e. The van der Waals surface area contributed by atoms with Gasteiger partial charge in [-0.15, -0.1) is 0 Å². The summed E-state index contributed by atoms with van der Waals surface area (Å²) in [5, 5.41) is 0. The molecule has 19 heavy (non-hydrogen) atoms. The minimum absolute atomic E-state index is 0.716. The summed E-state index contributed by atoms with van der Waals surface area (Å²) in [6, 6.07) is 9.25. The standard InChI is InChI=1S/C18H27Br/c1-4-14-5-7-15(8-6-14)11-17-12-16(13(2)3)9-10-18(17)19/h5-8,13,16-18H,4,9-12H2,1-3H3. The zero-order valence-corrected chi connectivity index (χ0v) is 14.1. The molecule has 3 atom stereocenters. The molecule has 1 saturated carbocycles. The molecule has 3 unspecified atom stereocenters. The van der Waals surface area contributed by atoms with Crippen molar-refractivity contribution >= 4 is 15.9 Å². The van der Waals surface area contributed by atoms with E-state index < -0.39 is 0 Å². The molecule has 0 bridgehead atoms. The van der Waals surface area contributed by atoms with E-state index in [0.29, 0.717) is 4.83 Å². The average molecular weight is 323 g/mol. The van der Waals surface area contributed by atoms with Crippen LogP contribution in [-0.2, 0) is 12.8 Å². The summed E-state index contributed by atoms with van der Waals surface area (Å²) in [4.78, 5) is 0.716. The van der Waals surface area contributed by atoms with Crippen LogP contribution >= 0.6 is 15.9 Å². The Morgan fingerprint density at radius 3 is 2.32 bits per heavy atom. The summed E-state index contributed by atoms with van der Waals surface area (Å²) in [6.45, 7) is 6.98. The van der Waals surface area contributed by atoms with Gasteiger partial charge in [-0.25, -0.2) is 0 Å². The Morgan fingerprint density at radius 2 is 1.74 bits per heavy atom. The van der Waals surface area contributed by atoms with Crippen LogP contribution in [0, 0.1) is 17.8 Å². The lowest BCUT2D eigenvalue weighted by Crippen LogP contribution is -2.29. The van der Waals surface area contributed by atoms with Gasteiger partial charge in [0.2, 0.25) is 0 Å². The predicted octanol–water partition coefficient (Wildman–Crippen LogP) is 5.63. The first-order valence-electron chi connectivity index (χ1n) is 7.82.